The van der Waals surface area contributed by atoms with E-state index in [1.807, 2.05) is 30.3 Å². The third-order valence-electron chi connectivity index (χ3n) is 4.23. The lowest BCUT2D eigenvalue weighted by Crippen LogP contribution is -2.14. The van der Waals surface area contributed by atoms with Gasteiger partial charge in [-0.15, -0.1) is 11.3 Å². The Morgan fingerprint density at radius 1 is 1.03 bits per heavy atom. The highest BCUT2D eigenvalue weighted by atomic mass is 35.5. The average Bonchev–Trinajstić information content (AvgIpc) is 3.13. The Balaban J connectivity index is 1.73. The maximum atomic E-state index is 13.0. The fourth-order valence-electron chi connectivity index (χ4n) is 2.87. The predicted molar refractivity (Wildman–Crippen MR) is 116 cm³/mol. The van der Waals surface area contributed by atoms with E-state index < -0.39 is 10.0 Å². The number of benzene rings is 2. The minimum Gasteiger partial charge on any atom is -0.322 e. The van der Waals surface area contributed by atoms with Gasteiger partial charge in [0.2, 0.25) is 10.0 Å². The highest BCUT2D eigenvalue weighted by Gasteiger charge is 2.15. The SMILES string of the molecule is NS(=O)(=O)c1ccc(NC(=O)c2cc(-c3ccc(Cl)s3)nc3ccccc23)cc1. The molecule has 4 rings (SSSR count). The van der Waals surface area contributed by atoms with Crippen LogP contribution in [-0.4, -0.2) is 19.3 Å². The molecule has 2 aromatic carbocycles. The third kappa shape index (κ3) is 4.15. The monoisotopic (exact) mass is 443 g/mol. The van der Waals surface area contributed by atoms with Crippen LogP contribution in [0, 0.1) is 0 Å². The van der Waals surface area contributed by atoms with Crippen LogP contribution >= 0.6 is 22.9 Å². The van der Waals surface area contributed by atoms with Crippen LogP contribution in [0.25, 0.3) is 21.5 Å². The number of pyridine rings is 1. The molecule has 0 bridgehead atoms. The number of thiophene rings is 1. The van der Waals surface area contributed by atoms with E-state index in [0.717, 1.165) is 4.88 Å². The van der Waals surface area contributed by atoms with E-state index in [4.69, 9.17) is 16.7 Å². The van der Waals surface area contributed by atoms with Crippen LogP contribution in [0.1, 0.15) is 10.4 Å². The van der Waals surface area contributed by atoms with E-state index in [1.165, 1.54) is 35.6 Å². The Morgan fingerprint density at radius 2 is 1.76 bits per heavy atom. The first-order chi connectivity index (χ1) is 13.8. The number of nitrogens with zero attached hydrogens (tertiary/aromatic N) is 1. The average molecular weight is 444 g/mol. The molecule has 0 fully saturated rings. The molecule has 29 heavy (non-hydrogen) atoms. The Kier molecular flexibility index (Phi) is 5.10. The molecule has 0 unspecified atom stereocenters. The number of nitrogens with two attached hydrogens (primary N) is 1. The molecular formula is C20H14ClN3O3S2. The number of halogens is 1. The van der Waals surface area contributed by atoms with Gasteiger partial charge in [0.05, 0.1) is 30.9 Å². The number of sulfonamides is 1. The number of carbonyl (C=O) groups excluding carboxylic acids is 1. The van der Waals surface area contributed by atoms with Gasteiger partial charge in [0.25, 0.3) is 5.91 Å². The first-order valence-electron chi connectivity index (χ1n) is 8.41. The van der Waals surface area contributed by atoms with Crippen LogP contribution in [0.15, 0.2) is 71.6 Å². The molecule has 0 saturated carbocycles. The van der Waals surface area contributed by atoms with Gasteiger partial charge in [0, 0.05) is 11.1 Å². The lowest BCUT2D eigenvalue weighted by molar-refractivity contribution is 0.102. The molecule has 0 atom stereocenters. The zero-order chi connectivity index (χ0) is 20.6. The van der Waals surface area contributed by atoms with Crippen molar-refractivity contribution in [1.82, 2.24) is 4.98 Å². The first kappa shape index (κ1) is 19.5. The molecular weight excluding hydrogens is 430 g/mol. The molecule has 4 aromatic rings. The van der Waals surface area contributed by atoms with Gasteiger partial charge in [0.1, 0.15) is 0 Å². The maximum Gasteiger partial charge on any atom is 0.256 e. The van der Waals surface area contributed by atoms with Crippen LogP contribution in [0.4, 0.5) is 5.69 Å². The zero-order valence-corrected chi connectivity index (χ0v) is 17.2. The summed E-state index contributed by atoms with van der Waals surface area (Å²) in [6.07, 6.45) is 0. The summed E-state index contributed by atoms with van der Waals surface area (Å²) in [6.45, 7) is 0. The second-order valence-electron chi connectivity index (χ2n) is 6.20. The van der Waals surface area contributed by atoms with Crippen molar-refractivity contribution in [2.45, 2.75) is 4.90 Å². The molecule has 2 heterocycles. The summed E-state index contributed by atoms with van der Waals surface area (Å²) >= 11 is 7.42. The number of rotatable bonds is 4. The molecule has 0 aliphatic heterocycles. The summed E-state index contributed by atoms with van der Waals surface area (Å²) in [4.78, 5) is 18.5. The number of para-hydroxylation sites is 1. The molecule has 0 radical (unpaired) electrons. The molecule has 0 aliphatic rings. The second kappa shape index (κ2) is 7.57. The van der Waals surface area contributed by atoms with Gasteiger partial charge in [-0.1, -0.05) is 29.8 Å². The van der Waals surface area contributed by atoms with Crippen molar-refractivity contribution in [3.63, 3.8) is 0 Å². The van der Waals surface area contributed by atoms with E-state index in [2.05, 4.69) is 10.3 Å². The summed E-state index contributed by atoms with van der Waals surface area (Å²) in [7, 11) is -3.79. The Morgan fingerprint density at radius 3 is 2.41 bits per heavy atom. The number of hydrogen-bond acceptors (Lipinski definition) is 5. The molecule has 0 aliphatic carbocycles. The van der Waals surface area contributed by atoms with Gasteiger partial charge < -0.3 is 5.32 Å². The molecule has 6 nitrogen and oxygen atoms in total. The van der Waals surface area contributed by atoms with E-state index in [-0.39, 0.29) is 10.8 Å². The van der Waals surface area contributed by atoms with Crippen LogP contribution < -0.4 is 10.5 Å². The number of aromatic nitrogens is 1. The fourth-order valence-corrected chi connectivity index (χ4v) is 4.39. The fraction of sp³-hybridized carbons (Fsp3) is 0. The van der Waals surface area contributed by atoms with Gasteiger partial charge in [-0.05, 0) is 48.5 Å². The third-order valence-corrected chi connectivity index (χ3v) is 6.41. The smallest absolute Gasteiger partial charge is 0.256 e. The summed E-state index contributed by atoms with van der Waals surface area (Å²) in [5, 5.41) is 8.60. The van der Waals surface area contributed by atoms with Crippen molar-refractivity contribution in [2.24, 2.45) is 5.14 Å². The van der Waals surface area contributed by atoms with Crippen molar-refractivity contribution in [3.05, 3.63) is 76.6 Å². The lowest BCUT2D eigenvalue weighted by atomic mass is 10.1. The molecule has 0 spiro atoms. The van der Waals surface area contributed by atoms with E-state index in [0.29, 0.717) is 32.2 Å². The number of nitrogens with one attached hydrogen (secondary N) is 1. The molecule has 146 valence electrons. The quantitative estimate of drug-likeness (QED) is 0.484. The standard InChI is InChI=1S/C20H14ClN3O3S2/c21-19-10-9-18(28-19)17-11-15(14-3-1-2-4-16(14)24-17)20(25)23-12-5-7-13(8-6-12)29(22,26)27/h1-11H,(H,23,25)(H2,22,26,27). The highest BCUT2D eigenvalue weighted by Crippen LogP contribution is 2.32. The molecule has 3 N–H and O–H groups in total. The van der Waals surface area contributed by atoms with E-state index >= 15 is 0 Å². The van der Waals surface area contributed by atoms with Crippen LogP contribution in [0.2, 0.25) is 4.34 Å². The van der Waals surface area contributed by atoms with E-state index in [1.54, 1.807) is 12.1 Å². The van der Waals surface area contributed by atoms with Crippen LogP contribution in [0.5, 0.6) is 0 Å². The van der Waals surface area contributed by atoms with Gasteiger partial charge >= 0.3 is 0 Å². The number of hydrogen-bond donors (Lipinski definition) is 2. The zero-order valence-electron chi connectivity index (χ0n) is 14.8. The van der Waals surface area contributed by atoms with Crippen molar-refractivity contribution in [2.75, 3.05) is 5.32 Å². The Hall–Kier alpha value is -2.78. The first-order valence-corrected chi connectivity index (χ1v) is 11.1. The number of fused-ring (bicyclic) bond motifs is 1. The minimum absolute atomic E-state index is 0.0262. The predicted octanol–water partition coefficient (Wildman–Crippen LogP) is 4.52. The van der Waals surface area contributed by atoms with Crippen molar-refractivity contribution < 1.29 is 13.2 Å². The summed E-state index contributed by atoms with van der Waals surface area (Å²) in [6, 6.07) is 18.4. The molecule has 0 saturated heterocycles. The summed E-state index contributed by atoms with van der Waals surface area (Å²) < 4.78 is 23.4. The molecule has 1 amide bonds. The van der Waals surface area contributed by atoms with Gasteiger partial charge in [0.15, 0.2) is 0 Å². The van der Waals surface area contributed by atoms with Gasteiger partial charge in [-0.25, -0.2) is 18.5 Å². The minimum atomic E-state index is -3.79. The van der Waals surface area contributed by atoms with E-state index in [9.17, 15) is 13.2 Å². The summed E-state index contributed by atoms with van der Waals surface area (Å²) in [5.74, 6) is -0.337. The number of anilines is 1. The Bertz CT molecular complexity index is 1330. The number of amides is 1. The number of primary sulfonamides is 1. The lowest BCUT2D eigenvalue weighted by Gasteiger charge is -2.10. The van der Waals surface area contributed by atoms with Crippen LogP contribution in [0.3, 0.4) is 0 Å². The summed E-state index contributed by atoms with van der Waals surface area (Å²) in [5.41, 5.74) is 2.23. The van der Waals surface area contributed by atoms with Crippen molar-refractivity contribution >= 4 is 55.5 Å². The largest absolute Gasteiger partial charge is 0.322 e. The highest BCUT2D eigenvalue weighted by molar-refractivity contribution is 7.89. The second-order valence-corrected chi connectivity index (χ2v) is 9.48. The number of carbonyl (C=O) groups is 1. The van der Waals surface area contributed by atoms with Gasteiger partial charge in [-0.2, -0.15) is 0 Å². The van der Waals surface area contributed by atoms with Crippen molar-refractivity contribution in [3.8, 4) is 10.6 Å². The van der Waals surface area contributed by atoms with Gasteiger partial charge in [-0.3, -0.25) is 4.79 Å². The Labute approximate surface area is 176 Å². The normalized spacial score (nSPS) is 11.5. The molecule has 2 aromatic heterocycles. The topological polar surface area (TPSA) is 102 Å². The van der Waals surface area contributed by atoms with Crippen LogP contribution in [-0.2, 0) is 10.0 Å². The maximum absolute atomic E-state index is 13.0. The van der Waals surface area contributed by atoms with Crippen molar-refractivity contribution in [1.29, 1.82) is 0 Å². The molecule has 9 heteroatoms.